The number of nitriles is 1. The summed E-state index contributed by atoms with van der Waals surface area (Å²) in [5.41, 5.74) is 6.93. The van der Waals surface area contributed by atoms with Crippen LogP contribution in [0.5, 0.6) is 0 Å². The molecular formula is C9H15N3. The molecule has 0 saturated carbocycles. The molecular weight excluding hydrogens is 150 g/mol. The first-order chi connectivity index (χ1) is 5.74. The smallest absolute Gasteiger partial charge is 0.0978 e. The van der Waals surface area contributed by atoms with Gasteiger partial charge in [-0.2, -0.15) is 5.26 Å². The Hall–Kier alpha value is -1.01. The third-order valence-corrected chi connectivity index (χ3v) is 2.19. The molecule has 1 aliphatic rings. The van der Waals surface area contributed by atoms with Crippen molar-refractivity contribution < 1.29 is 0 Å². The second-order valence-corrected chi connectivity index (χ2v) is 3.26. The molecule has 0 aromatic carbocycles. The summed E-state index contributed by atoms with van der Waals surface area (Å²) in [7, 11) is 0. The summed E-state index contributed by atoms with van der Waals surface area (Å²) in [6, 6.07) is 2.14. The van der Waals surface area contributed by atoms with Gasteiger partial charge in [-0.25, -0.2) is 0 Å². The molecule has 0 aliphatic carbocycles. The van der Waals surface area contributed by atoms with Gasteiger partial charge >= 0.3 is 0 Å². The molecule has 0 radical (unpaired) electrons. The Labute approximate surface area is 73.5 Å². The topological polar surface area (TPSA) is 53.1 Å². The van der Waals surface area contributed by atoms with Crippen LogP contribution in [0.25, 0.3) is 0 Å². The summed E-state index contributed by atoms with van der Waals surface area (Å²) in [6.45, 7) is 4.74. The van der Waals surface area contributed by atoms with E-state index in [-0.39, 0.29) is 0 Å². The predicted octanol–water partition coefficient (Wildman–Crippen LogP) is 0.838. The highest BCUT2D eigenvalue weighted by molar-refractivity contribution is 5.26. The highest BCUT2D eigenvalue weighted by Gasteiger charge is 2.13. The Bertz CT molecular complexity index is 214. The van der Waals surface area contributed by atoms with Crippen LogP contribution in [0.4, 0.5) is 0 Å². The summed E-state index contributed by atoms with van der Waals surface area (Å²) in [5.74, 6) is 0. The van der Waals surface area contributed by atoms with Crippen molar-refractivity contribution in [1.29, 1.82) is 5.26 Å². The molecule has 3 heteroatoms. The molecule has 1 rings (SSSR count). The van der Waals surface area contributed by atoms with Crippen LogP contribution in [0.2, 0.25) is 0 Å². The van der Waals surface area contributed by atoms with Gasteiger partial charge in [-0.05, 0) is 32.9 Å². The van der Waals surface area contributed by atoms with E-state index in [0.29, 0.717) is 5.70 Å². The average Bonchev–Trinajstić information content (AvgIpc) is 2.51. The SMILES string of the molecule is C/C(N)=C(\C#N)CN1CCCC1. The fraction of sp³-hybridized carbons (Fsp3) is 0.667. The van der Waals surface area contributed by atoms with Crippen LogP contribution in [0.1, 0.15) is 19.8 Å². The second-order valence-electron chi connectivity index (χ2n) is 3.26. The van der Waals surface area contributed by atoms with Crippen molar-refractivity contribution in [2.45, 2.75) is 19.8 Å². The molecule has 0 spiro atoms. The lowest BCUT2D eigenvalue weighted by Gasteiger charge is -2.13. The van der Waals surface area contributed by atoms with Gasteiger partial charge in [-0.3, -0.25) is 4.90 Å². The molecule has 12 heavy (non-hydrogen) atoms. The van der Waals surface area contributed by atoms with Crippen molar-refractivity contribution in [3.63, 3.8) is 0 Å². The highest BCUT2D eigenvalue weighted by atomic mass is 15.1. The van der Waals surface area contributed by atoms with Crippen molar-refractivity contribution in [1.82, 2.24) is 4.90 Å². The molecule has 0 unspecified atom stereocenters. The number of nitrogens with zero attached hydrogens (tertiary/aromatic N) is 2. The predicted molar refractivity (Wildman–Crippen MR) is 48.2 cm³/mol. The molecule has 0 aromatic rings. The molecule has 0 aromatic heterocycles. The lowest BCUT2D eigenvalue weighted by atomic mass is 10.2. The van der Waals surface area contributed by atoms with Gasteiger partial charge in [-0.1, -0.05) is 0 Å². The van der Waals surface area contributed by atoms with Gasteiger partial charge in [-0.15, -0.1) is 0 Å². The first kappa shape index (κ1) is 9.08. The summed E-state index contributed by atoms with van der Waals surface area (Å²) in [4.78, 5) is 2.27. The third-order valence-electron chi connectivity index (χ3n) is 2.19. The number of rotatable bonds is 2. The van der Waals surface area contributed by atoms with E-state index < -0.39 is 0 Å². The summed E-state index contributed by atoms with van der Waals surface area (Å²) >= 11 is 0. The molecule has 0 amide bonds. The first-order valence-electron chi connectivity index (χ1n) is 4.31. The number of nitrogens with two attached hydrogens (primary N) is 1. The Morgan fingerprint density at radius 2 is 2.08 bits per heavy atom. The van der Waals surface area contributed by atoms with Crippen LogP contribution in [0.3, 0.4) is 0 Å². The standard InChI is InChI=1S/C9H15N3/c1-8(11)9(6-10)7-12-4-2-3-5-12/h2-5,7,11H2,1H3/b9-8-. The van der Waals surface area contributed by atoms with E-state index in [1.807, 2.05) is 0 Å². The van der Waals surface area contributed by atoms with Gasteiger partial charge in [0.15, 0.2) is 0 Å². The maximum atomic E-state index is 8.74. The Morgan fingerprint density at radius 3 is 2.50 bits per heavy atom. The molecule has 1 fully saturated rings. The molecule has 3 nitrogen and oxygen atoms in total. The Morgan fingerprint density at radius 1 is 1.50 bits per heavy atom. The summed E-state index contributed by atoms with van der Waals surface area (Å²) < 4.78 is 0. The van der Waals surface area contributed by atoms with Crippen LogP contribution in [0.15, 0.2) is 11.3 Å². The fourth-order valence-electron chi connectivity index (χ4n) is 1.41. The number of allylic oxidation sites excluding steroid dienone is 1. The van der Waals surface area contributed by atoms with Gasteiger partial charge in [0.05, 0.1) is 11.6 Å². The highest BCUT2D eigenvalue weighted by Crippen LogP contribution is 2.10. The minimum atomic E-state index is 0.657. The van der Waals surface area contributed by atoms with Crippen molar-refractivity contribution >= 4 is 0 Å². The fourth-order valence-corrected chi connectivity index (χ4v) is 1.41. The Kier molecular flexibility index (Phi) is 3.12. The van der Waals surface area contributed by atoms with Crippen molar-refractivity contribution in [2.24, 2.45) is 5.73 Å². The summed E-state index contributed by atoms with van der Waals surface area (Å²) in [5, 5.41) is 8.74. The van der Waals surface area contributed by atoms with Gasteiger partial charge in [0, 0.05) is 12.2 Å². The molecule has 1 heterocycles. The maximum Gasteiger partial charge on any atom is 0.0978 e. The summed E-state index contributed by atoms with van der Waals surface area (Å²) in [6.07, 6.45) is 2.50. The zero-order valence-corrected chi connectivity index (χ0v) is 7.51. The molecule has 2 N–H and O–H groups in total. The van der Waals surface area contributed by atoms with Gasteiger partial charge in [0.1, 0.15) is 0 Å². The largest absolute Gasteiger partial charge is 0.401 e. The number of hydrogen-bond acceptors (Lipinski definition) is 3. The number of likely N-dealkylation sites (tertiary alicyclic amines) is 1. The normalized spacial score (nSPS) is 20.3. The van der Waals surface area contributed by atoms with Gasteiger partial charge < -0.3 is 5.73 Å². The average molecular weight is 165 g/mol. The molecule has 1 aliphatic heterocycles. The molecule has 1 saturated heterocycles. The third kappa shape index (κ3) is 2.24. The molecule has 0 atom stereocenters. The monoisotopic (exact) mass is 165 g/mol. The van der Waals surface area contributed by atoms with Crippen molar-refractivity contribution in [3.8, 4) is 6.07 Å². The quantitative estimate of drug-likeness (QED) is 0.617. The first-order valence-corrected chi connectivity index (χ1v) is 4.31. The minimum absolute atomic E-state index is 0.657. The van der Waals surface area contributed by atoms with Crippen molar-refractivity contribution in [3.05, 3.63) is 11.3 Å². The van der Waals surface area contributed by atoms with E-state index in [1.165, 1.54) is 12.8 Å². The zero-order chi connectivity index (χ0) is 8.97. The Balaban J connectivity index is 2.49. The lowest BCUT2D eigenvalue weighted by Crippen LogP contribution is -2.22. The van der Waals surface area contributed by atoms with Crippen molar-refractivity contribution in [2.75, 3.05) is 19.6 Å². The van der Waals surface area contributed by atoms with E-state index in [1.54, 1.807) is 6.92 Å². The molecule has 66 valence electrons. The maximum absolute atomic E-state index is 8.74. The second kappa shape index (κ2) is 4.13. The van der Waals surface area contributed by atoms with Crippen LogP contribution < -0.4 is 5.73 Å². The molecule has 0 bridgehead atoms. The van der Waals surface area contributed by atoms with E-state index in [9.17, 15) is 0 Å². The van der Waals surface area contributed by atoms with E-state index >= 15 is 0 Å². The lowest BCUT2D eigenvalue weighted by molar-refractivity contribution is 0.371. The van der Waals surface area contributed by atoms with Gasteiger partial charge in [0.2, 0.25) is 0 Å². The zero-order valence-electron chi connectivity index (χ0n) is 7.51. The van der Waals surface area contributed by atoms with E-state index in [4.69, 9.17) is 11.0 Å². The minimum Gasteiger partial charge on any atom is -0.401 e. The number of hydrogen-bond donors (Lipinski definition) is 1. The van der Waals surface area contributed by atoms with Crippen LogP contribution in [-0.4, -0.2) is 24.5 Å². The van der Waals surface area contributed by atoms with E-state index in [2.05, 4.69) is 11.0 Å². The van der Waals surface area contributed by atoms with E-state index in [0.717, 1.165) is 25.2 Å². The van der Waals surface area contributed by atoms with Crippen LogP contribution in [0, 0.1) is 11.3 Å². The van der Waals surface area contributed by atoms with Gasteiger partial charge in [0.25, 0.3) is 0 Å². The van der Waals surface area contributed by atoms with Crippen LogP contribution in [-0.2, 0) is 0 Å². The van der Waals surface area contributed by atoms with Crippen LogP contribution >= 0.6 is 0 Å².